The zero-order valence-corrected chi connectivity index (χ0v) is 14.0. The summed E-state index contributed by atoms with van der Waals surface area (Å²) in [5.41, 5.74) is 2.52. The summed E-state index contributed by atoms with van der Waals surface area (Å²) in [7, 11) is 0. The number of halogens is 1. The maximum atomic E-state index is 13.2. The molecule has 1 atom stereocenters. The van der Waals surface area contributed by atoms with Crippen LogP contribution in [0.4, 0.5) is 0 Å². The Balaban J connectivity index is 1.93. The second-order valence-corrected chi connectivity index (χ2v) is 6.65. The van der Waals surface area contributed by atoms with E-state index in [1.807, 2.05) is 41.0 Å². The topological polar surface area (TPSA) is 46.9 Å². The minimum absolute atomic E-state index is 0.0304. The molecule has 1 aliphatic rings. The van der Waals surface area contributed by atoms with Crippen LogP contribution in [0, 0.1) is 5.92 Å². The molecule has 24 heavy (non-hydrogen) atoms. The summed E-state index contributed by atoms with van der Waals surface area (Å²) < 4.78 is 1.86. The standard InChI is InChI=1S/C19H18ClN3O/c20-18-9-17-15(11-22-18)8-16(14-4-2-1-3-5-14)19(24)23(17)12-13-6-7-21-10-13/h1-5,8-9,11,13,21H,6-7,10,12H2. The van der Waals surface area contributed by atoms with E-state index in [1.54, 1.807) is 12.3 Å². The molecule has 4 nitrogen and oxygen atoms in total. The summed E-state index contributed by atoms with van der Waals surface area (Å²) in [6, 6.07) is 13.5. The van der Waals surface area contributed by atoms with E-state index in [1.165, 1.54) is 0 Å². The third kappa shape index (κ3) is 2.83. The Kier molecular flexibility index (Phi) is 4.08. The predicted octanol–water partition coefficient (Wildman–Crippen LogP) is 3.33. The van der Waals surface area contributed by atoms with Gasteiger partial charge in [0.25, 0.3) is 5.56 Å². The molecule has 1 saturated heterocycles. The highest BCUT2D eigenvalue weighted by Crippen LogP contribution is 2.23. The van der Waals surface area contributed by atoms with Gasteiger partial charge in [0.2, 0.25) is 0 Å². The van der Waals surface area contributed by atoms with Gasteiger partial charge in [-0.3, -0.25) is 4.79 Å². The summed E-state index contributed by atoms with van der Waals surface area (Å²) in [6.45, 7) is 2.66. The van der Waals surface area contributed by atoms with Crippen molar-refractivity contribution in [2.45, 2.75) is 13.0 Å². The van der Waals surface area contributed by atoms with Gasteiger partial charge >= 0.3 is 0 Å². The van der Waals surface area contributed by atoms with Gasteiger partial charge in [0.1, 0.15) is 5.15 Å². The number of nitrogens with one attached hydrogen (secondary N) is 1. The summed E-state index contributed by atoms with van der Waals surface area (Å²) in [5.74, 6) is 0.462. The zero-order valence-electron chi connectivity index (χ0n) is 13.2. The van der Waals surface area contributed by atoms with Crippen molar-refractivity contribution in [3.63, 3.8) is 0 Å². The molecule has 0 radical (unpaired) electrons. The highest BCUT2D eigenvalue weighted by atomic mass is 35.5. The number of pyridine rings is 2. The van der Waals surface area contributed by atoms with Crippen LogP contribution in [0.15, 0.2) is 53.5 Å². The second-order valence-electron chi connectivity index (χ2n) is 6.26. The molecule has 0 spiro atoms. The van der Waals surface area contributed by atoms with Crippen LogP contribution in [0.25, 0.3) is 22.0 Å². The highest BCUT2D eigenvalue weighted by molar-refractivity contribution is 6.30. The first-order valence-electron chi connectivity index (χ1n) is 8.17. The molecule has 2 aromatic heterocycles. The average molecular weight is 340 g/mol. The molecule has 1 N–H and O–H groups in total. The molecular formula is C19H18ClN3O. The van der Waals surface area contributed by atoms with Gasteiger partial charge in [-0.05, 0) is 43.1 Å². The fraction of sp³-hybridized carbons (Fsp3) is 0.263. The molecule has 4 rings (SSSR count). The van der Waals surface area contributed by atoms with Crippen molar-refractivity contribution in [3.8, 4) is 11.1 Å². The van der Waals surface area contributed by atoms with E-state index in [4.69, 9.17) is 11.6 Å². The van der Waals surface area contributed by atoms with Gasteiger partial charge in [0, 0.05) is 23.7 Å². The van der Waals surface area contributed by atoms with Crippen molar-refractivity contribution >= 4 is 22.5 Å². The molecule has 1 aliphatic heterocycles. The van der Waals surface area contributed by atoms with E-state index in [-0.39, 0.29) is 5.56 Å². The summed E-state index contributed by atoms with van der Waals surface area (Å²) in [6.07, 6.45) is 2.83. The van der Waals surface area contributed by atoms with Gasteiger partial charge in [-0.25, -0.2) is 4.98 Å². The zero-order chi connectivity index (χ0) is 16.5. The van der Waals surface area contributed by atoms with Gasteiger partial charge in [-0.2, -0.15) is 0 Å². The fourth-order valence-corrected chi connectivity index (χ4v) is 3.53. The Morgan fingerprint density at radius 3 is 2.83 bits per heavy atom. The first-order chi connectivity index (χ1) is 11.7. The predicted molar refractivity (Wildman–Crippen MR) is 97.4 cm³/mol. The van der Waals surface area contributed by atoms with Crippen molar-refractivity contribution in [2.24, 2.45) is 5.92 Å². The number of rotatable bonds is 3. The van der Waals surface area contributed by atoms with E-state index in [0.717, 1.165) is 36.0 Å². The molecule has 0 amide bonds. The number of aromatic nitrogens is 2. The average Bonchev–Trinajstić information content (AvgIpc) is 3.11. The molecule has 0 bridgehead atoms. The Hall–Kier alpha value is -2.17. The van der Waals surface area contributed by atoms with Crippen LogP contribution in [0.5, 0.6) is 0 Å². The number of nitrogens with zero attached hydrogens (tertiary/aromatic N) is 2. The van der Waals surface area contributed by atoms with E-state index in [0.29, 0.717) is 23.2 Å². The molecular weight excluding hydrogens is 322 g/mol. The van der Waals surface area contributed by atoms with Crippen molar-refractivity contribution in [1.29, 1.82) is 0 Å². The van der Waals surface area contributed by atoms with Crippen molar-refractivity contribution in [1.82, 2.24) is 14.9 Å². The lowest BCUT2D eigenvalue weighted by Crippen LogP contribution is -2.26. The normalized spacial score (nSPS) is 17.5. The molecule has 1 unspecified atom stereocenters. The van der Waals surface area contributed by atoms with Gasteiger partial charge < -0.3 is 9.88 Å². The number of hydrogen-bond donors (Lipinski definition) is 1. The quantitative estimate of drug-likeness (QED) is 0.745. The van der Waals surface area contributed by atoms with Crippen LogP contribution in [0.2, 0.25) is 5.15 Å². The maximum Gasteiger partial charge on any atom is 0.258 e. The fourth-order valence-electron chi connectivity index (χ4n) is 3.38. The van der Waals surface area contributed by atoms with Gasteiger partial charge in [-0.15, -0.1) is 0 Å². The second kappa shape index (κ2) is 6.38. The van der Waals surface area contributed by atoms with E-state index < -0.39 is 0 Å². The smallest absolute Gasteiger partial charge is 0.258 e. The third-order valence-electron chi connectivity index (χ3n) is 4.63. The lowest BCUT2D eigenvalue weighted by Gasteiger charge is -2.16. The van der Waals surface area contributed by atoms with Crippen LogP contribution in [0.1, 0.15) is 6.42 Å². The van der Waals surface area contributed by atoms with E-state index in [9.17, 15) is 4.79 Å². The Morgan fingerprint density at radius 1 is 1.25 bits per heavy atom. The first-order valence-corrected chi connectivity index (χ1v) is 8.55. The minimum Gasteiger partial charge on any atom is -0.316 e. The van der Waals surface area contributed by atoms with E-state index in [2.05, 4.69) is 10.3 Å². The summed E-state index contributed by atoms with van der Waals surface area (Å²) in [5, 5.41) is 4.71. The lowest BCUT2D eigenvalue weighted by molar-refractivity contribution is 0.482. The largest absolute Gasteiger partial charge is 0.316 e. The first kappa shape index (κ1) is 15.4. The number of fused-ring (bicyclic) bond motifs is 1. The summed E-state index contributed by atoms with van der Waals surface area (Å²) >= 11 is 6.08. The molecule has 122 valence electrons. The SMILES string of the molecule is O=c1c(-c2ccccc2)cc2cnc(Cl)cc2n1CC1CCNC1. The maximum absolute atomic E-state index is 13.2. The molecule has 0 aliphatic carbocycles. The van der Waals surface area contributed by atoms with Crippen LogP contribution >= 0.6 is 11.6 Å². The van der Waals surface area contributed by atoms with Crippen LogP contribution in [0.3, 0.4) is 0 Å². The Morgan fingerprint density at radius 2 is 2.08 bits per heavy atom. The van der Waals surface area contributed by atoms with Crippen molar-refractivity contribution < 1.29 is 0 Å². The monoisotopic (exact) mass is 339 g/mol. The molecule has 3 heterocycles. The van der Waals surface area contributed by atoms with Crippen LogP contribution in [-0.2, 0) is 6.54 Å². The van der Waals surface area contributed by atoms with Crippen LogP contribution in [-0.4, -0.2) is 22.6 Å². The van der Waals surface area contributed by atoms with E-state index >= 15 is 0 Å². The lowest BCUT2D eigenvalue weighted by atomic mass is 10.0. The van der Waals surface area contributed by atoms with Crippen molar-refractivity contribution in [2.75, 3.05) is 13.1 Å². The van der Waals surface area contributed by atoms with Crippen molar-refractivity contribution in [3.05, 3.63) is 64.2 Å². The van der Waals surface area contributed by atoms with Crippen LogP contribution < -0.4 is 10.9 Å². The summed E-state index contributed by atoms with van der Waals surface area (Å²) in [4.78, 5) is 17.3. The molecule has 1 fully saturated rings. The van der Waals surface area contributed by atoms with Gasteiger partial charge in [-0.1, -0.05) is 41.9 Å². The minimum atomic E-state index is 0.0304. The van der Waals surface area contributed by atoms with Gasteiger partial charge in [0.15, 0.2) is 0 Å². The third-order valence-corrected chi connectivity index (χ3v) is 4.84. The molecule has 3 aromatic rings. The number of hydrogen-bond acceptors (Lipinski definition) is 3. The highest BCUT2D eigenvalue weighted by Gasteiger charge is 2.19. The Bertz CT molecular complexity index is 930. The molecule has 1 aromatic carbocycles. The Labute approximate surface area is 145 Å². The van der Waals surface area contributed by atoms with Gasteiger partial charge in [0.05, 0.1) is 5.52 Å². The number of benzene rings is 1. The molecule has 5 heteroatoms. The molecule has 0 saturated carbocycles.